The van der Waals surface area contributed by atoms with Crippen molar-refractivity contribution in [1.82, 2.24) is 0 Å². The topological polar surface area (TPSA) is 90.9 Å². The molecule has 3 rings (SSSR count). The molecule has 1 N–H and O–H groups in total. The van der Waals surface area contributed by atoms with Crippen LogP contribution in [0.1, 0.15) is 28.8 Å². The van der Waals surface area contributed by atoms with Crippen molar-refractivity contribution in [2.45, 2.75) is 12.8 Å². The van der Waals surface area contributed by atoms with Gasteiger partial charge in [-0.2, -0.15) is 0 Å². The number of hydrogen-bond donors (Lipinski definition) is 1. The van der Waals surface area contributed by atoms with E-state index in [-0.39, 0.29) is 30.0 Å². The lowest BCUT2D eigenvalue weighted by atomic mass is 9.99. The fraction of sp³-hybridized carbons (Fsp3) is 0.312. The average molecular weight is 317 g/mol. The van der Waals surface area contributed by atoms with Gasteiger partial charge in [-0.1, -0.05) is 0 Å². The van der Waals surface area contributed by atoms with Gasteiger partial charge in [0.15, 0.2) is 12.4 Å². The number of hydrogen-bond acceptors (Lipinski definition) is 6. The second kappa shape index (κ2) is 6.12. The van der Waals surface area contributed by atoms with E-state index in [0.29, 0.717) is 17.9 Å². The largest absolute Gasteiger partial charge is 0.493 e. The zero-order valence-corrected chi connectivity index (χ0v) is 12.5. The lowest BCUT2D eigenvalue weighted by Crippen LogP contribution is -2.20. The molecule has 23 heavy (non-hydrogen) atoms. The Morgan fingerprint density at radius 1 is 1.35 bits per heavy atom. The van der Waals surface area contributed by atoms with E-state index in [1.54, 1.807) is 25.1 Å². The summed E-state index contributed by atoms with van der Waals surface area (Å²) in [6.45, 7) is 1.99. The summed E-state index contributed by atoms with van der Waals surface area (Å²) in [5.41, 5.74) is 1.85. The molecule has 7 nitrogen and oxygen atoms in total. The molecule has 1 atom stereocenters. The standard InChI is InChI=1S/C16H15NO6/c1-9-11-6-10(2-3-12(11)17-15(9)19)13(18)7-23-16(20)14-8-21-4-5-22-14/h2-3,6,8-9H,4-5,7H2,1H3,(H,17,19)/t9-/m1/s1. The van der Waals surface area contributed by atoms with Gasteiger partial charge >= 0.3 is 5.97 Å². The quantitative estimate of drug-likeness (QED) is 0.666. The number of carbonyl (C=O) groups is 3. The van der Waals surface area contributed by atoms with Gasteiger partial charge in [-0.3, -0.25) is 9.59 Å². The molecule has 0 aliphatic carbocycles. The normalized spacial score (nSPS) is 18.9. The Morgan fingerprint density at radius 2 is 2.17 bits per heavy atom. The molecule has 2 aliphatic rings. The van der Waals surface area contributed by atoms with Gasteiger partial charge in [0.2, 0.25) is 11.7 Å². The minimum Gasteiger partial charge on any atom is -0.493 e. The first-order chi connectivity index (χ1) is 11.1. The Hall–Kier alpha value is -2.83. The zero-order valence-electron chi connectivity index (χ0n) is 12.5. The number of Topliss-reactive ketones (excluding diaryl/α,β-unsaturated/α-hetero) is 1. The molecule has 0 unspecified atom stereocenters. The van der Waals surface area contributed by atoms with Crippen LogP contribution in [-0.2, 0) is 23.8 Å². The third-order valence-corrected chi connectivity index (χ3v) is 3.68. The molecule has 120 valence electrons. The molecule has 0 saturated heterocycles. The first-order valence-electron chi connectivity index (χ1n) is 7.16. The van der Waals surface area contributed by atoms with Crippen LogP contribution in [-0.4, -0.2) is 37.5 Å². The molecule has 7 heteroatoms. The van der Waals surface area contributed by atoms with E-state index in [0.717, 1.165) is 5.56 Å². The van der Waals surface area contributed by atoms with Crippen molar-refractivity contribution in [1.29, 1.82) is 0 Å². The molecule has 1 aromatic carbocycles. The maximum Gasteiger partial charge on any atom is 0.377 e. The van der Waals surface area contributed by atoms with E-state index in [1.807, 2.05) is 0 Å². The summed E-state index contributed by atoms with van der Waals surface area (Å²) in [5.74, 6) is -1.56. The highest BCUT2D eigenvalue weighted by molar-refractivity contribution is 6.05. The van der Waals surface area contributed by atoms with E-state index in [2.05, 4.69) is 5.32 Å². The van der Waals surface area contributed by atoms with Gasteiger partial charge in [0.1, 0.15) is 19.5 Å². The number of ketones is 1. The predicted molar refractivity (Wildman–Crippen MR) is 78.8 cm³/mol. The highest BCUT2D eigenvalue weighted by atomic mass is 16.6. The predicted octanol–water partition coefficient (Wildman–Crippen LogP) is 1.36. The van der Waals surface area contributed by atoms with Crippen molar-refractivity contribution < 1.29 is 28.6 Å². The zero-order chi connectivity index (χ0) is 16.4. The Kier molecular flexibility index (Phi) is 4.01. The number of amides is 1. The van der Waals surface area contributed by atoms with Crippen LogP contribution in [0.2, 0.25) is 0 Å². The first-order valence-corrected chi connectivity index (χ1v) is 7.16. The molecule has 1 aromatic rings. The van der Waals surface area contributed by atoms with Gasteiger partial charge in [-0.15, -0.1) is 0 Å². The fourth-order valence-corrected chi connectivity index (χ4v) is 2.35. The number of esters is 1. The van der Waals surface area contributed by atoms with E-state index in [4.69, 9.17) is 14.2 Å². The molecular weight excluding hydrogens is 302 g/mol. The van der Waals surface area contributed by atoms with Crippen molar-refractivity contribution in [3.05, 3.63) is 41.3 Å². The molecule has 2 aliphatic heterocycles. The van der Waals surface area contributed by atoms with E-state index >= 15 is 0 Å². The summed E-state index contributed by atoms with van der Waals surface area (Å²) in [6, 6.07) is 4.91. The number of anilines is 1. The van der Waals surface area contributed by atoms with Crippen LogP contribution in [0, 0.1) is 0 Å². The van der Waals surface area contributed by atoms with E-state index in [1.165, 1.54) is 6.26 Å². The minimum atomic E-state index is -0.746. The summed E-state index contributed by atoms with van der Waals surface area (Å²) in [7, 11) is 0. The Morgan fingerprint density at radius 3 is 2.91 bits per heavy atom. The molecular formula is C16H15NO6. The van der Waals surface area contributed by atoms with Crippen LogP contribution in [0.4, 0.5) is 5.69 Å². The monoisotopic (exact) mass is 317 g/mol. The van der Waals surface area contributed by atoms with Gasteiger partial charge in [-0.05, 0) is 30.7 Å². The second-order valence-corrected chi connectivity index (χ2v) is 5.21. The maximum absolute atomic E-state index is 12.1. The first kappa shape index (κ1) is 15.1. The number of benzene rings is 1. The molecule has 0 bridgehead atoms. The minimum absolute atomic E-state index is 0.0542. The number of ether oxygens (including phenoxy) is 3. The Labute approximate surface area is 132 Å². The van der Waals surface area contributed by atoms with Crippen molar-refractivity contribution >= 4 is 23.3 Å². The molecule has 0 spiro atoms. The number of rotatable bonds is 4. The molecule has 0 radical (unpaired) electrons. The summed E-state index contributed by atoms with van der Waals surface area (Å²) >= 11 is 0. The van der Waals surface area contributed by atoms with Crippen LogP contribution in [0.15, 0.2) is 30.2 Å². The van der Waals surface area contributed by atoms with Crippen molar-refractivity contribution in [2.24, 2.45) is 0 Å². The molecule has 0 fully saturated rings. The molecule has 2 heterocycles. The van der Waals surface area contributed by atoms with E-state index < -0.39 is 12.6 Å². The van der Waals surface area contributed by atoms with E-state index in [9.17, 15) is 14.4 Å². The second-order valence-electron chi connectivity index (χ2n) is 5.21. The van der Waals surface area contributed by atoms with Crippen molar-refractivity contribution in [3.8, 4) is 0 Å². The van der Waals surface area contributed by atoms with Gasteiger partial charge < -0.3 is 19.5 Å². The Bertz CT molecular complexity index is 709. The van der Waals surface area contributed by atoms with Gasteiger partial charge in [-0.25, -0.2) is 4.79 Å². The van der Waals surface area contributed by atoms with Crippen LogP contribution < -0.4 is 5.32 Å². The van der Waals surface area contributed by atoms with Crippen molar-refractivity contribution in [3.63, 3.8) is 0 Å². The van der Waals surface area contributed by atoms with Crippen LogP contribution in [0.5, 0.6) is 0 Å². The average Bonchev–Trinajstić information content (AvgIpc) is 2.87. The van der Waals surface area contributed by atoms with Crippen molar-refractivity contribution in [2.75, 3.05) is 25.1 Å². The van der Waals surface area contributed by atoms with Gasteiger partial charge in [0.05, 0.1) is 5.92 Å². The lowest BCUT2D eigenvalue weighted by Gasteiger charge is -2.14. The number of carbonyl (C=O) groups excluding carboxylic acids is 3. The summed E-state index contributed by atoms with van der Waals surface area (Å²) < 4.78 is 14.9. The molecule has 0 saturated carbocycles. The van der Waals surface area contributed by atoms with Gasteiger partial charge in [0.25, 0.3) is 0 Å². The summed E-state index contributed by atoms with van der Waals surface area (Å²) in [5, 5.41) is 2.73. The molecule has 0 aromatic heterocycles. The highest BCUT2D eigenvalue weighted by Crippen LogP contribution is 2.32. The third-order valence-electron chi connectivity index (χ3n) is 3.68. The number of nitrogens with one attached hydrogen (secondary N) is 1. The third kappa shape index (κ3) is 3.03. The smallest absolute Gasteiger partial charge is 0.377 e. The SMILES string of the molecule is C[C@H]1C(=O)Nc2ccc(C(=O)COC(=O)C3=COCCO3)cc21. The number of fused-ring (bicyclic) bond motifs is 1. The fourth-order valence-electron chi connectivity index (χ4n) is 2.35. The highest BCUT2D eigenvalue weighted by Gasteiger charge is 2.27. The molecule has 1 amide bonds. The summed E-state index contributed by atoms with van der Waals surface area (Å²) in [4.78, 5) is 35.5. The maximum atomic E-state index is 12.1. The lowest BCUT2D eigenvalue weighted by molar-refractivity contribution is -0.143. The van der Waals surface area contributed by atoms with Crippen LogP contribution in [0.25, 0.3) is 0 Å². The Balaban J connectivity index is 1.64. The van der Waals surface area contributed by atoms with Gasteiger partial charge in [0, 0.05) is 11.3 Å². The summed E-state index contributed by atoms with van der Waals surface area (Å²) in [6.07, 6.45) is 1.17. The van der Waals surface area contributed by atoms with Crippen LogP contribution in [0.3, 0.4) is 0 Å². The van der Waals surface area contributed by atoms with Crippen LogP contribution >= 0.6 is 0 Å².